The lowest BCUT2D eigenvalue weighted by atomic mass is 10.1. The summed E-state index contributed by atoms with van der Waals surface area (Å²) in [5.74, 6) is 1.62. The first kappa shape index (κ1) is 12.2. The van der Waals surface area contributed by atoms with Gasteiger partial charge in [0.1, 0.15) is 11.5 Å². The molecule has 0 aliphatic carbocycles. The van der Waals surface area contributed by atoms with Crippen molar-refractivity contribution in [2.75, 3.05) is 0 Å². The highest BCUT2D eigenvalue weighted by atomic mass is 16.5. The maximum Gasteiger partial charge on any atom is 0.130 e. The van der Waals surface area contributed by atoms with Crippen LogP contribution in [0.15, 0.2) is 36.4 Å². The average Bonchev–Trinajstić information content (AvgIpc) is 2.30. The van der Waals surface area contributed by atoms with Crippen molar-refractivity contribution in [2.45, 2.75) is 20.8 Å². The van der Waals surface area contributed by atoms with Crippen molar-refractivity contribution < 1.29 is 4.74 Å². The SMILES string of the molecule is Cc1cc(C)cc(Oc2ccc(C#N)cc2C)c1. The van der Waals surface area contributed by atoms with Crippen LogP contribution in [0.5, 0.6) is 11.5 Å². The molecule has 0 atom stereocenters. The van der Waals surface area contributed by atoms with Crippen LogP contribution < -0.4 is 4.74 Å². The Morgan fingerprint density at radius 2 is 1.61 bits per heavy atom. The van der Waals surface area contributed by atoms with E-state index in [0.717, 1.165) is 17.1 Å². The molecule has 0 N–H and O–H groups in total. The Hall–Kier alpha value is -2.27. The lowest BCUT2D eigenvalue weighted by Crippen LogP contribution is -1.90. The minimum Gasteiger partial charge on any atom is -0.457 e. The zero-order chi connectivity index (χ0) is 13.1. The highest BCUT2D eigenvalue weighted by molar-refractivity contribution is 5.44. The monoisotopic (exact) mass is 237 g/mol. The molecule has 0 heterocycles. The van der Waals surface area contributed by atoms with Crippen LogP contribution in [0.2, 0.25) is 0 Å². The predicted octanol–water partition coefficient (Wildman–Crippen LogP) is 4.28. The smallest absolute Gasteiger partial charge is 0.130 e. The summed E-state index contributed by atoms with van der Waals surface area (Å²) in [4.78, 5) is 0. The first-order valence-electron chi connectivity index (χ1n) is 5.85. The van der Waals surface area contributed by atoms with Crippen molar-refractivity contribution in [1.29, 1.82) is 5.26 Å². The Morgan fingerprint density at radius 1 is 0.944 bits per heavy atom. The van der Waals surface area contributed by atoms with Crippen LogP contribution in [-0.2, 0) is 0 Å². The lowest BCUT2D eigenvalue weighted by molar-refractivity contribution is 0.478. The number of nitrogens with zero attached hydrogens (tertiary/aromatic N) is 1. The molecule has 2 nitrogen and oxygen atoms in total. The standard InChI is InChI=1S/C16H15NO/c1-11-6-12(2)8-15(7-11)18-16-5-4-14(10-17)9-13(16)3/h4-9H,1-3H3. The molecule has 0 unspecified atom stereocenters. The summed E-state index contributed by atoms with van der Waals surface area (Å²) < 4.78 is 5.86. The molecule has 0 radical (unpaired) electrons. The number of benzene rings is 2. The van der Waals surface area contributed by atoms with Crippen LogP contribution >= 0.6 is 0 Å². The number of hydrogen-bond donors (Lipinski definition) is 0. The van der Waals surface area contributed by atoms with Crippen molar-refractivity contribution in [1.82, 2.24) is 0 Å². The fourth-order valence-electron chi connectivity index (χ4n) is 1.95. The molecule has 2 rings (SSSR count). The third-order valence-electron chi connectivity index (χ3n) is 2.73. The van der Waals surface area contributed by atoms with Gasteiger partial charge in [-0.25, -0.2) is 0 Å². The van der Waals surface area contributed by atoms with Gasteiger partial charge in [0.05, 0.1) is 11.6 Å². The molecule has 0 bridgehead atoms. The Labute approximate surface area is 107 Å². The van der Waals surface area contributed by atoms with Gasteiger partial charge in [0.2, 0.25) is 0 Å². The first-order chi connectivity index (χ1) is 8.58. The van der Waals surface area contributed by atoms with E-state index in [-0.39, 0.29) is 0 Å². The van der Waals surface area contributed by atoms with Crippen LogP contribution in [0.1, 0.15) is 22.3 Å². The van der Waals surface area contributed by atoms with Crippen LogP contribution in [0.3, 0.4) is 0 Å². The number of aryl methyl sites for hydroxylation is 3. The molecule has 0 saturated heterocycles. The van der Waals surface area contributed by atoms with Crippen molar-refractivity contribution in [3.05, 3.63) is 58.7 Å². The topological polar surface area (TPSA) is 33.0 Å². The van der Waals surface area contributed by atoms with Crippen molar-refractivity contribution in [3.63, 3.8) is 0 Å². The molecular formula is C16H15NO. The summed E-state index contributed by atoms with van der Waals surface area (Å²) in [6, 6.07) is 13.7. The van der Waals surface area contributed by atoms with Gasteiger partial charge in [0, 0.05) is 0 Å². The summed E-state index contributed by atoms with van der Waals surface area (Å²) in [7, 11) is 0. The van der Waals surface area contributed by atoms with Gasteiger partial charge < -0.3 is 4.74 Å². The molecule has 0 aliphatic heterocycles. The normalized spacial score (nSPS) is 9.89. The fraction of sp³-hybridized carbons (Fsp3) is 0.188. The van der Waals surface area contributed by atoms with Crippen LogP contribution in [-0.4, -0.2) is 0 Å². The van der Waals surface area contributed by atoms with Gasteiger partial charge in [-0.15, -0.1) is 0 Å². The zero-order valence-electron chi connectivity index (χ0n) is 10.8. The third-order valence-corrected chi connectivity index (χ3v) is 2.73. The van der Waals surface area contributed by atoms with E-state index < -0.39 is 0 Å². The highest BCUT2D eigenvalue weighted by Crippen LogP contribution is 2.27. The molecule has 0 saturated carbocycles. The summed E-state index contributed by atoms with van der Waals surface area (Å²) in [6.45, 7) is 6.04. The van der Waals surface area contributed by atoms with Crippen molar-refractivity contribution >= 4 is 0 Å². The number of nitriles is 1. The minimum atomic E-state index is 0.653. The quantitative estimate of drug-likeness (QED) is 0.781. The van der Waals surface area contributed by atoms with Crippen molar-refractivity contribution in [3.8, 4) is 17.6 Å². The second-order valence-corrected chi connectivity index (χ2v) is 4.52. The van der Waals surface area contributed by atoms with Gasteiger partial charge >= 0.3 is 0 Å². The Balaban J connectivity index is 2.31. The second kappa shape index (κ2) is 4.93. The predicted molar refractivity (Wildman–Crippen MR) is 71.9 cm³/mol. The van der Waals surface area contributed by atoms with E-state index in [0.29, 0.717) is 5.56 Å². The molecule has 2 aromatic carbocycles. The molecule has 2 heteroatoms. The Morgan fingerprint density at radius 3 is 2.17 bits per heavy atom. The van der Waals surface area contributed by atoms with E-state index in [1.54, 1.807) is 6.07 Å². The summed E-state index contributed by atoms with van der Waals surface area (Å²) in [6.07, 6.45) is 0. The Bertz CT molecular complexity index is 603. The van der Waals surface area contributed by atoms with Crippen molar-refractivity contribution in [2.24, 2.45) is 0 Å². The van der Waals surface area contributed by atoms with Crippen LogP contribution in [0, 0.1) is 32.1 Å². The van der Waals surface area contributed by atoms with E-state index in [1.165, 1.54) is 11.1 Å². The number of hydrogen-bond acceptors (Lipinski definition) is 2. The van der Waals surface area contributed by atoms with E-state index in [2.05, 4.69) is 12.1 Å². The number of rotatable bonds is 2. The molecule has 2 aromatic rings. The van der Waals surface area contributed by atoms with Gasteiger partial charge in [0.15, 0.2) is 0 Å². The molecule has 0 fully saturated rings. The van der Waals surface area contributed by atoms with Gasteiger partial charge in [-0.2, -0.15) is 5.26 Å². The molecule has 0 amide bonds. The van der Waals surface area contributed by atoms with E-state index in [1.807, 2.05) is 45.0 Å². The summed E-state index contributed by atoms with van der Waals surface area (Å²) in [5.41, 5.74) is 3.97. The summed E-state index contributed by atoms with van der Waals surface area (Å²) in [5, 5.41) is 8.82. The Kier molecular flexibility index (Phi) is 3.34. The molecule has 18 heavy (non-hydrogen) atoms. The fourth-order valence-corrected chi connectivity index (χ4v) is 1.95. The largest absolute Gasteiger partial charge is 0.457 e. The van der Waals surface area contributed by atoms with Gasteiger partial charge in [-0.3, -0.25) is 0 Å². The van der Waals surface area contributed by atoms with Gasteiger partial charge in [-0.1, -0.05) is 6.07 Å². The van der Waals surface area contributed by atoms with Crippen LogP contribution in [0.4, 0.5) is 0 Å². The van der Waals surface area contributed by atoms with E-state index in [9.17, 15) is 0 Å². The summed E-state index contributed by atoms with van der Waals surface area (Å²) >= 11 is 0. The van der Waals surface area contributed by atoms with Crippen LogP contribution in [0.25, 0.3) is 0 Å². The first-order valence-corrected chi connectivity index (χ1v) is 5.85. The number of ether oxygens (including phenoxy) is 1. The minimum absolute atomic E-state index is 0.653. The molecule has 0 aromatic heterocycles. The van der Waals surface area contributed by atoms with E-state index in [4.69, 9.17) is 10.00 Å². The maximum absolute atomic E-state index is 8.82. The third kappa shape index (κ3) is 2.70. The maximum atomic E-state index is 8.82. The zero-order valence-corrected chi connectivity index (χ0v) is 10.8. The highest BCUT2D eigenvalue weighted by Gasteiger charge is 2.03. The van der Waals surface area contributed by atoms with Gasteiger partial charge in [-0.05, 0) is 67.8 Å². The average molecular weight is 237 g/mol. The van der Waals surface area contributed by atoms with E-state index >= 15 is 0 Å². The lowest BCUT2D eigenvalue weighted by Gasteiger charge is -2.10. The molecule has 0 aliphatic rings. The molecule has 90 valence electrons. The molecule has 0 spiro atoms. The second-order valence-electron chi connectivity index (χ2n) is 4.52. The molecular weight excluding hydrogens is 222 g/mol. The van der Waals surface area contributed by atoms with Gasteiger partial charge in [0.25, 0.3) is 0 Å².